The summed E-state index contributed by atoms with van der Waals surface area (Å²) in [5.74, 6) is 0.0920. The maximum Gasteiger partial charge on any atom is 0.407 e. The molecular weight excluding hydrogens is 174 g/mol. The number of nitrogens with zero attached hydrogens (tertiary/aromatic N) is 1. The lowest BCUT2D eigenvalue weighted by Gasteiger charge is -2.12. The standard InChI is InChI=1S/C8H15NO4/c10-2-1-6-3-9(8(12)13)4-7(6)5-11/h6-7,10-11H,1-5H2,(H,12,13). The molecule has 2 unspecified atom stereocenters. The first-order valence-electron chi connectivity index (χ1n) is 4.38. The first-order valence-corrected chi connectivity index (χ1v) is 4.38. The van der Waals surface area contributed by atoms with Crippen LogP contribution >= 0.6 is 0 Å². The number of carboxylic acid groups (broad SMARTS) is 1. The van der Waals surface area contributed by atoms with E-state index in [1.54, 1.807) is 0 Å². The van der Waals surface area contributed by atoms with Crippen LogP contribution in [0.4, 0.5) is 4.79 Å². The molecule has 1 aliphatic heterocycles. The van der Waals surface area contributed by atoms with Crippen molar-refractivity contribution in [2.75, 3.05) is 26.3 Å². The van der Waals surface area contributed by atoms with Crippen molar-refractivity contribution in [3.8, 4) is 0 Å². The molecule has 0 aromatic heterocycles. The Morgan fingerprint density at radius 3 is 2.38 bits per heavy atom. The zero-order valence-electron chi connectivity index (χ0n) is 7.39. The molecule has 1 amide bonds. The average molecular weight is 189 g/mol. The zero-order valence-corrected chi connectivity index (χ0v) is 7.39. The summed E-state index contributed by atoms with van der Waals surface area (Å²) in [6.07, 6.45) is -0.381. The number of rotatable bonds is 3. The van der Waals surface area contributed by atoms with Crippen molar-refractivity contribution in [2.45, 2.75) is 6.42 Å². The molecular formula is C8H15NO4. The third kappa shape index (κ3) is 2.32. The van der Waals surface area contributed by atoms with Gasteiger partial charge in [0, 0.05) is 32.2 Å². The molecule has 0 aromatic rings. The van der Waals surface area contributed by atoms with Crippen LogP contribution in [0.2, 0.25) is 0 Å². The molecule has 1 saturated heterocycles. The molecule has 1 rings (SSSR count). The van der Waals surface area contributed by atoms with Gasteiger partial charge in [-0.2, -0.15) is 0 Å². The molecule has 3 N–H and O–H groups in total. The van der Waals surface area contributed by atoms with Crippen LogP contribution in [0.5, 0.6) is 0 Å². The molecule has 0 radical (unpaired) electrons. The number of amides is 1. The summed E-state index contributed by atoms with van der Waals surface area (Å²) in [5, 5.41) is 26.4. The molecule has 5 nitrogen and oxygen atoms in total. The minimum Gasteiger partial charge on any atom is -0.465 e. The normalized spacial score (nSPS) is 28.0. The van der Waals surface area contributed by atoms with Crippen molar-refractivity contribution in [1.29, 1.82) is 0 Å². The SMILES string of the molecule is O=C(O)N1CC(CO)C(CCO)C1. The Morgan fingerprint density at radius 1 is 1.31 bits per heavy atom. The van der Waals surface area contributed by atoms with Crippen LogP contribution in [-0.2, 0) is 0 Å². The molecule has 0 spiro atoms. The zero-order chi connectivity index (χ0) is 9.84. The quantitative estimate of drug-likeness (QED) is 0.563. The average Bonchev–Trinajstić information content (AvgIpc) is 2.48. The van der Waals surface area contributed by atoms with E-state index in [9.17, 15) is 4.79 Å². The molecule has 2 atom stereocenters. The molecule has 0 bridgehead atoms. The van der Waals surface area contributed by atoms with E-state index in [0.717, 1.165) is 0 Å². The summed E-state index contributed by atoms with van der Waals surface area (Å²) in [4.78, 5) is 11.9. The predicted molar refractivity (Wildman–Crippen MR) is 45.4 cm³/mol. The van der Waals surface area contributed by atoms with Gasteiger partial charge < -0.3 is 20.2 Å². The maximum atomic E-state index is 10.6. The van der Waals surface area contributed by atoms with Crippen molar-refractivity contribution >= 4 is 6.09 Å². The molecule has 0 aromatic carbocycles. The molecule has 1 aliphatic rings. The van der Waals surface area contributed by atoms with E-state index < -0.39 is 6.09 Å². The third-order valence-corrected chi connectivity index (χ3v) is 2.58. The highest BCUT2D eigenvalue weighted by Gasteiger charge is 2.34. The Labute approximate surface area is 76.6 Å². The van der Waals surface area contributed by atoms with Crippen LogP contribution < -0.4 is 0 Å². The minimum absolute atomic E-state index is 0.00551. The van der Waals surface area contributed by atoms with Crippen molar-refractivity contribution < 1.29 is 20.1 Å². The fraction of sp³-hybridized carbons (Fsp3) is 0.875. The monoisotopic (exact) mass is 189 g/mol. The van der Waals surface area contributed by atoms with Gasteiger partial charge in [-0.25, -0.2) is 4.79 Å². The van der Waals surface area contributed by atoms with E-state index in [1.807, 2.05) is 0 Å². The Balaban J connectivity index is 2.50. The van der Waals surface area contributed by atoms with E-state index in [0.29, 0.717) is 19.5 Å². The van der Waals surface area contributed by atoms with Gasteiger partial charge in [-0.05, 0) is 12.3 Å². The fourth-order valence-corrected chi connectivity index (χ4v) is 1.79. The summed E-state index contributed by atoms with van der Waals surface area (Å²) in [7, 11) is 0. The Hall–Kier alpha value is -0.810. The number of aliphatic hydroxyl groups excluding tert-OH is 2. The molecule has 1 fully saturated rings. The molecule has 1 heterocycles. The van der Waals surface area contributed by atoms with Crippen molar-refractivity contribution in [2.24, 2.45) is 11.8 Å². The van der Waals surface area contributed by atoms with Crippen LogP contribution in [0.25, 0.3) is 0 Å². The van der Waals surface area contributed by atoms with Crippen molar-refractivity contribution in [3.63, 3.8) is 0 Å². The van der Waals surface area contributed by atoms with Gasteiger partial charge in [0.15, 0.2) is 0 Å². The highest BCUT2D eigenvalue weighted by atomic mass is 16.4. The van der Waals surface area contributed by atoms with Crippen LogP contribution in [-0.4, -0.2) is 52.6 Å². The summed E-state index contributed by atoms with van der Waals surface area (Å²) in [6.45, 7) is 0.862. The Bertz CT molecular complexity index is 185. The summed E-state index contributed by atoms with van der Waals surface area (Å²) in [5.41, 5.74) is 0. The van der Waals surface area contributed by atoms with Gasteiger partial charge in [0.1, 0.15) is 0 Å². The number of likely N-dealkylation sites (tertiary alicyclic amines) is 1. The third-order valence-electron chi connectivity index (χ3n) is 2.58. The van der Waals surface area contributed by atoms with Gasteiger partial charge in [0.25, 0.3) is 0 Å². The van der Waals surface area contributed by atoms with Crippen LogP contribution in [0.3, 0.4) is 0 Å². The van der Waals surface area contributed by atoms with Crippen molar-refractivity contribution in [3.05, 3.63) is 0 Å². The first-order chi connectivity index (χ1) is 6.19. The number of carbonyl (C=O) groups is 1. The van der Waals surface area contributed by atoms with Gasteiger partial charge in [0.05, 0.1) is 0 Å². The van der Waals surface area contributed by atoms with Crippen LogP contribution in [0, 0.1) is 11.8 Å². The Kier molecular flexibility index (Phi) is 3.50. The van der Waals surface area contributed by atoms with E-state index in [2.05, 4.69) is 0 Å². The summed E-state index contributed by atoms with van der Waals surface area (Å²) >= 11 is 0. The van der Waals surface area contributed by atoms with E-state index in [4.69, 9.17) is 15.3 Å². The minimum atomic E-state index is -0.945. The second-order valence-electron chi connectivity index (χ2n) is 3.40. The number of aliphatic hydroxyl groups is 2. The Morgan fingerprint density at radius 2 is 1.92 bits per heavy atom. The molecule has 0 saturated carbocycles. The lowest BCUT2D eigenvalue weighted by molar-refractivity contribution is 0.150. The number of hydrogen-bond acceptors (Lipinski definition) is 3. The summed E-state index contributed by atoms with van der Waals surface area (Å²) < 4.78 is 0. The number of hydrogen-bond donors (Lipinski definition) is 3. The lowest BCUT2D eigenvalue weighted by Crippen LogP contribution is -2.27. The maximum absolute atomic E-state index is 10.6. The molecule has 13 heavy (non-hydrogen) atoms. The molecule has 76 valence electrons. The molecule has 0 aliphatic carbocycles. The van der Waals surface area contributed by atoms with Crippen LogP contribution in [0.15, 0.2) is 0 Å². The predicted octanol–water partition coefficient (Wildman–Crippen LogP) is -0.413. The van der Waals surface area contributed by atoms with Gasteiger partial charge in [-0.3, -0.25) is 0 Å². The second kappa shape index (κ2) is 4.43. The lowest BCUT2D eigenvalue weighted by atomic mass is 9.94. The largest absolute Gasteiger partial charge is 0.465 e. The highest BCUT2D eigenvalue weighted by molar-refractivity contribution is 5.65. The van der Waals surface area contributed by atoms with Crippen LogP contribution in [0.1, 0.15) is 6.42 Å². The fourth-order valence-electron chi connectivity index (χ4n) is 1.79. The molecule has 5 heteroatoms. The van der Waals surface area contributed by atoms with Gasteiger partial charge in [-0.15, -0.1) is 0 Å². The van der Waals surface area contributed by atoms with Crippen molar-refractivity contribution in [1.82, 2.24) is 4.90 Å². The van der Waals surface area contributed by atoms with Gasteiger partial charge in [0.2, 0.25) is 0 Å². The van der Waals surface area contributed by atoms with Gasteiger partial charge >= 0.3 is 6.09 Å². The smallest absolute Gasteiger partial charge is 0.407 e. The van der Waals surface area contributed by atoms with E-state index >= 15 is 0 Å². The van der Waals surface area contributed by atoms with E-state index in [1.165, 1.54) is 4.90 Å². The first kappa shape index (κ1) is 10.3. The second-order valence-corrected chi connectivity index (χ2v) is 3.40. The van der Waals surface area contributed by atoms with E-state index in [-0.39, 0.29) is 25.0 Å². The highest BCUT2D eigenvalue weighted by Crippen LogP contribution is 2.25. The van der Waals surface area contributed by atoms with Gasteiger partial charge in [-0.1, -0.05) is 0 Å². The summed E-state index contributed by atoms with van der Waals surface area (Å²) in [6, 6.07) is 0. The topological polar surface area (TPSA) is 81.0 Å².